The van der Waals surface area contributed by atoms with E-state index in [1.54, 1.807) is 6.07 Å². The Hall–Kier alpha value is -1.42. The molecular weight excluding hydrogens is 245 g/mol. The highest BCUT2D eigenvalue weighted by molar-refractivity contribution is 5.73. The maximum Gasteiger partial charge on any atom is 0.320 e. The largest absolute Gasteiger partial charge is 0.480 e. The van der Waals surface area contributed by atoms with E-state index in [0.29, 0.717) is 6.42 Å². The fraction of sp³-hybridized carbons (Fsp3) is 0.533. The average Bonchev–Trinajstić information content (AvgIpc) is 2.38. The molecule has 0 bridgehead atoms. The van der Waals surface area contributed by atoms with Gasteiger partial charge in [-0.25, -0.2) is 4.39 Å². The van der Waals surface area contributed by atoms with Crippen molar-refractivity contribution in [2.45, 2.75) is 51.1 Å². The van der Waals surface area contributed by atoms with E-state index < -0.39 is 12.0 Å². The van der Waals surface area contributed by atoms with Gasteiger partial charge >= 0.3 is 5.97 Å². The fourth-order valence-electron chi connectivity index (χ4n) is 2.72. The van der Waals surface area contributed by atoms with Crippen molar-refractivity contribution in [3.05, 3.63) is 35.1 Å². The van der Waals surface area contributed by atoms with E-state index in [0.717, 1.165) is 36.8 Å². The summed E-state index contributed by atoms with van der Waals surface area (Å²) < 4.78 is 13.1. The Balaban J connectivity index is 2.01. The van der Waals surface area contributed by atoms with Crippen molar-refractivity contribution in [2.24, 2.45) is 0 Å². The van der Waals surface area contributed by atoms with Gasteiger partial charge < -0.3 is 10.4 Å². The predicted molar refractivity (Wildman–Crippen MR) is 71.7 cm³/mol. The normalized spacial score (nSPS) is 19.8. The van der Waals surface area contributed by atoms with Crippen LogP contribution in [-0.4, -0.2) is 23.2 Å². The summed E-state index contributed by atoms with van der Waals surface area (Å²) in [6, 6.07) is 4.57. The summed E-state index contributed by atoms with van der Waals surface area (Å²) >= 11 is 0. The first-order chi connectivity index (χ1) is 9.10. The van der Waals surface area contributed by atoms with Crippen LogP contribution in [0, 0.1) is 5.82 Å². The smallest absolute Gasteiger partial charge is 0.320 e. The highest BCUT2D eigenvalue weighted by Crippen LogP contribution is 2.22. The maximum absolute atomic E-state index is 13.1. The summed E-state index contributed by atoms with van der Waals surface area (Å²) in [6.45, 7) is 1.98. The molecule has 2 N–H and O–H groups in total. The Kier molecular flexibility index (Phi) is 4.53. The summed E-state index contributed by atoms with van der Waals surface area (Å²) in [7, 11) is 0. The highest BCUT2D eigenvalue weighted by Gasteiger charge is 2.24. The van der Waals surface area contributed by atoms with Gasteiger partial charge in [0, 0.05) is 6.04 Å². The molecule has 1 aromatic rings. The molecule has 0 radical (unpaired) electrons. The van der Waals surface area contributed by atoms with Crippen LogP contribution in [-0.2, 0) is 17.6 Å². The molecule has 0 saturated carbocycles. The van der Waals surface area contributed by atoms with E-state index >= 15 is 0 Å². The van der Waals surface area contributed by atoms with Gasteiger partial charge in [-0.15, -0.1) is 0 Å². The first kappa shape index (κ1) is 14.0. The second kappa shape index (κ2) is 6.15. The van der Waals surface area contributed by atoms with Crippen molar-refractivity contribution >= 4 is 5.97 Å². The molecule has 1 unspecified atom stereocenters. The molecule has 2 atom stereocenters. The van der Waals surface area contributed by atoms with E-state index in [1.165, 1.54) is 6.07 Å². The number of aliphatic carboxylic acids is 1. The molecule has 4 heteroatoms. The Morgan fingerprint density at radius 1 is 1.53 bits per heavy atom. The number of benzene rings is 1. The number of nitrogens with one attached hydrogen (secondary N) is 1. The van der Waals surface area contributed by atoms with Crippen LogP contribution in [0.15, 0.2) is 18.2 Å². The Bertz CT molecular complexity index is 461. The third kappa shape index (κ3) is 3.53. The quantitative estimate of drug-likeness (QED) is 0.860. The number of hydrogen-bond donors (Lipinski definition) is 2. The molecule has 3 nitrogen and oxygen atoms in total. The minimum atomic E-state index is -0.785. The number of carboxylic acids is 1. The van der Waals surface area contributed by atoms with Crippen LogP contribution in [0.1, 0.15) is 37.3 Å². The van der Waals surface area contributed by atoms with Gasteiger partial charge in [-0.2, -0.15) is 0 Å². The topological polar surface area (TPSA) is 49.3 Å². The number of hydrogen-bond acceptors (Lipinski definition) is 2. The van der Waals surface area contributed by atoms with Crippen LogP contribution in [0.5, 0.6) is 0 Å². The molecule has 104 valence electrons. The Labute approximate surface area is 112 Å². The average molecular weight is 265 g/mol. The van der Waals surface area contributed by atoms with Gasteiger partial charge in [0.25, 0.3) is 0 Å². The molecule has 0 saturated heterocycles. The Morgan fingerprint density at radius 3 is 3.00 bits per heavy atom. The molecule has 0 aliphatic heterocycles. The summed E-state index contributed by atoms with van der Waals surface area (Å²) in [5.74, 6) is -0.980. The first-order valence-corrected chi connectivity index (χ1v) is 6.86. The molecule has 0 spiro atoms. The summed E-state index contributed by atoms with van der Waals surface area (Å²) in [6.07, 6.45) is 3.94. The highest BCUT2D eigenvalue weighted by atomic mass is 19.1. The maximum atomic E-state index is 13.1. The summed E-state index contributed by atoms with van der Waals surface area (Å²) in [4.78, 5) is 11.1. The van der Waals surface area contributed by atoms with Gasteiger partial charge in [-0.3, -0.25) is 4.79 Å². The third-order valence-electron chi connectivity index (χ3n) is 3.71. The lowest BCUT2D eigenvalue weighted by Gasteiger charge is -2.28. The van der Waals surface area contributed by atoms with E-state index in [4.69, 9.17) is 5.11 Å². The zero-order valence-corrected chi connectivity index (χ0v) is 11.2. The second-order valence-corrected chi connectivity index (χ2v) is 5.20. The molecule has 0 aromatic heterocycles. The van der Waals surface area contributed by atoms with Crippen molar-refractivity contribution in [1.29, 1.82) is 0 Å². The number of carboxylic acid groups (broad SMARTS) is 1. The Morgan fingerprint density at radius 2 is 2.32 bits per heavy atom. The van der Waals surface area contributed by atoms with Crippen molar-refractivity contribution in [3.8, 4) is 0 Å². The molecule has 0 fully saturated rings. The molecule has 0 amide bonds. The van der Waals surface area contributed by atoms with Crippen molar-refractivity contribution in [1.82, 2.24) is 5.32 Å². The molecule has 0 heterocycles. The molecule has 1 aliphatic carbocycles. The van der Waals surface area contributed by atoms with Crippen molar-refractivity contribution in [2.75, 3.05) is 0 Å². The van der Waals surface area contributed by atoms with Crippen LogP contribution >= 0.6 is 0 Å². The fourth-order valence-corrected chi connectivity index (χ4v) is 2.72. The number of rotatable bonds is 5. The number of halogens is 1. The molecule has 1 aliphatic rings. The van der Waals surface area contributed by atoms with Gasteiger partial charge in [0.05, 0.1) is 0 Å². The van der Waals surface area contributed by atoms with Gasteiger partial charge in [-0.1, -0.05) is 19.4 Å². The lowest BCUT2D eigenvalue weighted by atomic mass is 9.87. The number of fused-ring (bicyclic) bond motifs is 1. The molecular formula is C15H20FNO2. The monoisotopic (exact) mass is 265 g/mol. The SMILES string of the molecule is CCCC(N[C@H]1CCc2cc(F)ccc2C1)C(=O)O. The zero-order valence-electron chi connectivity index (χ0n) is 11.2. The lowest BCUT2D eigenvalue weighted by Crippen LogP contribution is -2.45. The van der Waals surface area contributed by atoms with Crippen molar-refractivity contribution in [3.63, 3.8) is 0 Å². The first-order valence-electron chi connectivity index (χ1n) is 6.86. The van der Waals surface area contributed by atoms with Gasteiger partial charge in [0.15, 0.2) is 0 Å². The van der Waals surface area contributed by atoms with Gasteiger partial charge in [-0.05, 0) is 48.9 Å². The van der Waals surface area contributed by atoms with E-state index in [1.807, 2.05) is 13.0 Å². The van der Waals surface area contributed by atoms with Crippen LogP contribution in [0.2, 0.25) is 0 Å². The summed E-state index contributed by atoms with van der Waals surface area (Å²) in [5, 5.41) is 12.4. The molecule has 2 rings (SSSR count). The minimum absolute atomic E-state index is 0.172. The van der Waals surface area contributed by atoms with Crippen LogP contribution in [0.4, 0.5) is 4.39 Å². The van der Waals surface area contributed by atoms with Crippen LogP contribution in [0.3, 0.4) is 0 Å². The lowest BCUT2D eigenvalue weighted by molar-refractivity contribution is -0.139. The van der Waals surface area contributed by atoms with E-state index in [2.05, 4.69) is 5.32 Å². The van der Waals surface area contributed by atoms with Crippen molar-refractivity contribution < 1.29 is 14.3 Å². The minimum Gasteiger partial charge on any atom is -0.480 e. The number of aryl methyl sites for hydroxylation is 1. The number of carbonyl (C=O) groups is 1. The third-order valence-corrected chi connectivity index (χ3v) is 3.71. The van der Waals surface area contributed by atoms with E-state index in [-0.39, 0.29) is 11.9 Å². The molecule has 19 heavy (non-hydrogen) atoms. The summed E-state index contributed by atoms with van der Waals surface area (Å²) in [5.41, 5.74) is 2.19. The van der Waals surface area contributed by atoms with Crippen LogP contribution < -0.4 is 5.32 Å². The van der Waals surface area contributed by atoms with Crippen LogP contribution in [0.25, 0.3) is 0 Å². The predicted octanol–water partition coefficient (Wildman–Crippen LogP) is 2.53. The zero-order chi connectivity index (χ0) is 13.8. The van der Waals surface area contributed by atoms with Gasteiger partial charge in [0.2, 0.25) is 0 Å². The second-order valence-electron chi connectivity index (χ2n) is 5.20. The van der Waals surface area contributed by atoms with E-state index in [9.17, 15) is 9.18 Å². The van der Waals surface area contributed by atoms with Gasteiger partial charge in [0.1, 0.15) is 11.9 Å². The standard InChI is InChI=1S/C15H20FNO2/c1-2-3-14(15(18)19)17-13-7-5-10-8-12(16)6-4-11(10)9-13/h4,6,8,13-14,17H,2-3,5,7,9H2,1H3,(H,18,19)/t13-,14?/m0/s1. The molecule has 1 aromatic carbocycles.